The average molecular weight is 291 g/mol. The topological polar surface area (TPSA) is 46.0 Å². The molecule has 1 aromatic rings. The quantitative estimate of drug-likeness (QED) is 0.684. The van der Waals surface area contributed by atoms with Crippen LogP contribution in [0.5, 0.6) is 0 Å². The first-order valence-corrected chi connectivity index (χ1v) is 6.58. The number of thioether (sulfide) groups is 1. The average Bonchev–Trinajstić information content (AvgIpc) is 2.16. The van der Waals surface area contributed by atoms with Gasteiger partial charge in [0.25, 0.3) is 0 Å². The molecule has 0 spiro atoms. The first-order valence-electron chi connectivity index (χ1n) is 4.91. The fourth-order valence-corrected chi connectivity index (χ4v) is 2.44. The Hall–Kier alpha value is -0.130. The number of aromatic nitrogens is 2. The van der Waals surface area contributed by atoms with Gasteiger partial charge in [-0.2, -0.15) is 0 Å². The van der Waals surface area contributed by atoms with Crippen molar-refractivity contribution in [1.29, 1.82) is 0 Å². The van der Waals surface area contributed by atoms with Gasteiger partial charge in [0.1, 0.15) is 15.5 Å². The SMILES string of the molecule is CCc1nc(Br)cc(SC(C)C(C)O)n1. The molecule has 1 N–H and O–H groups in total. The molecule has 2 unspecified atom stereocenters. The summed E-state index contributed by atoms with van der Waals surface area (Å²) in [5, 5.41) is 10.4. The van der Waals surface area contributed by atoms with Crippen molar-refractivity contribution in [3.8, 4) is 0 Å². The van der Waals surface area contributed by atoms with Crippen LogP contribution < -0.4 is 0 Å². The summed E-state index contributed by atoms with van der Waals surface area (Å²) in [5.41, 5.74) is 0. The second kappa shape index (κ2) is 5.82. The molecule has 0 saturated heterocycles. The van der Waals surface area contributed by atoms with E-state index in [1.54, 1.807) is 18.7 Å². The predicted molar refractivity (Wildman–Crippen MR) is 66.1 cm³/mol. The Labute approximate surface area is 103 Å². The van der Waals surface area contributed by atoms with Crippen molar-refractivity contribution in [3.05, 3.63) is 16.5 Å². The van der Waals surface area contributed by atoms with Gasteiger partial charge in [-0.05, 0) is 22.9 Å². The fourth-order valence-electron chi connectivity index (χ4n) is 0.949. The van der Waals surface area contributed by atoms with E-state index in [1.807, 2.05) is 19.9 Å². The predicted octanol–water partition coefficient (Wildman–Crippen LogP) is 2.66. The molecule has 2 atom stereocenters. The molecule has 84 valence electrons. The maximum atomic E-state index is 9.40. The number of hydrogen-bond acceptors (Lipinski definition) is 4. The van der Waals surface area contributed by atoms with Crippen LogP contribution in [0.15, 0.2) is 15.7 Å². The number of hydrogen-bond donors (Lipinski definition) is 1. The molecule has 1 aromatic heterocycles. The van der Waals surface area contributed by atoms with E-state index in [0.29, 0.717) is 0 Å². The van der Waals surface area contributed by atoms with Crippen LogP contribution in [0.1, 0.15) is 26.6 Å². The summed E-state index contributed by atoms with van der Waals surface area (Å²) in [4.78, 5) is 8.62. The molecule has 0 aromatic carbocycles. The van der Waals surface area contributed by atoms with Crippen molar-refractivity contribution in [3.63, 3.8) is 0 Å². The number of halogens is 1. The summed E-state index contributed by atoms with van der Waals surface area (Å²) in [6.07, 6.45) is 0.476. The van der Waals surface area contributed by atoms with Gasteiger partial charge >= 0.3 is 0 Å². The molecule has 0 amide bonds. The molecular weight excluding hydrogens is 276 g/mol. The second-order valence-corrected chi connectivity index (χ2v) is 5.57. The van der Waals surface area contributed by atoms with E-state index in [1.165, 1.54) is 0 Å². The Balaban J connectivity index is 2.80. The summed E-state index contributed by atoms with van der Waals surface area (Å²) in [6.45, 7) is 5.79. The van der Waals surface area contributed by atoms with Gasteiger partial charge in [0.2, 0.25) is 0 Å². The monoisotopic (exact) mass is 290 g/mol. The highest BCUT2D eigenvalue weighted by Crippen LogP contribution is 2.25. The van der Waals surface area contributed by atoms with Crippen molar-refractivity contribution in [2.45, 2.75) is 43.6 Å². The van der Waals surface area contributed by atoms with Crippen molar-refractivity contribution >= 4 is 27.7 Å². The lowest BCUT2D eigenvalue weighted by molar-refractivity contribution is 0.196. The van der Waals surface area contributed by atoms with Gasteiger partial charge in [-0.1, -0.05) is 13.8 Å². The standard InChI is InChI=1S/C10H15BrN2OS/c1-4-9-12-8(11)5-10(13-9)15-7(3)6(2)14/h5-7,14H,4H2,1-3H3. The van der Waals surface area contributed by atoms with Gasteiger partial charge in [-0.3, -0.25) is 0 Å². The molecule has 1 rings (SSSR count). The Kier molecular flexibility index (Phi) is 5.02. The lowest BCUT2D eigenvalue weighted by Gasteiger charge is -2.13. The molecule has 5 heteroatoms. The van der Waals surface area contributed by atoms with Gasteiger partial charge in [0, 0.05) is 17.7 Å². The van der Waals surface area contributed by atoms with Crippen LogP contribution in [0.4, 0.5) is 0 Å². The molecule has 0 aliphatic heterocycles. The smallest absolute Gasteiger partial charge is 0.130 e. The first-order chi connectivity index (χ1) is 7.02. The van der Waals surface area contributed by atoms with Crippen LogP contribution in [-0.4, -0.2) is 26.4 Å². The lowest BCUT2D eigenvalue weighted by Crippen LogP contribution is -2.15. The number of aliphatic hydroxyl groups is 1. The van der Waals surface area contributed by atoms with E-state index in [4.69, 9.17) is 0 Å². The number of nitrogens with zero attached hydrogens (tertiary/aromatic N) is 2. The highest BCUT2D eigenvalue weighted by Gasteiger charge is 2.12. The summed E-state index contributed by atoms with van der Waals surface area (Å²) < 4.78 is 0.801. The highest BCUT2D eigenvalue weighted by molar-refractivity contribution is 9.10. The van der Waals surface area contributed by atoms with Gasteiger partial charge in [0.15, 0.2) is 0 Å². The molecular formula is C10H15BrN2OS. The van der Waals surface area contributed by atoms with Crippen LogP contribution in [0.3, 0.4) is 0 Å². The minimum absolute atomic E-state index is 0.136. The van der Waals surface area contributed by atoms with Gasteiger partial charge in [0.05, 0.1) is 6.10 Å². The van der Waals surface area contributed by atoms with Crippen LogP contribution >= 0.6 is 27.7 Å². The van der Waals surface area contributed by atoms with E-state index in [0.717, 1.165) is 21.9 Å². The number of aliphatic hydroxyl groups excluding tert-OH is 1. The second-order valence-electron chi connectivity index (χ2n) is 3.36. The molecule has 15 heavy (non-hydrogen) atoms. The largest absolute Gasteiger partial charge is 0.392 e. The maximum absolute atomic E-state index is 9.40. The van der Waals surface area contributed by atoms with Crippen LogP contribution in [0, 0.1) is 0 Å². The highest BCUT2D eigenvalue weighted by atomic mass is 79.9. The third-order valence-electron chi connectivity index (χ3n) is 2.02. The number of rotatable bonds is 4. The minimum Gasteiger partial charge on any atom is -0.392 e. The Morgan fingerprint density at radius 2 is 2.13 bits per heavy atom. The third-order valence-corrected chi connectivity index (χ3v) is 3.64. The minimum atomic E-state index is -0.339. The third kappa shape index (κ3) is 4.09. The zero-order chi connectivity index (χ0) is 11.4. The van der Waals surface area contributed by atoms with Gasteiger partial charge < -0.3 is 5.11 Å². The number of aryl methyl sites for hydroxylation is 1. The summed E-state index contributed by atoms with van der Waals surface area (Å²) in [6, 6.07) is 1.88. The lowest BCUT2D eigenvalue weighted by atomic mass is 10.3. The van der Waals surface area contributed by atoms with Crippen molar-refractivity contribution in [2.24, 2.45) is 0 Å². The zero-order valence-corrected chi connectivity index (χ0v) is 11.5. The van der Waals surface area contributed by atoms with E-state index in [-0.39, 0.29) is 11.4 Å². The molecule has 0 aliphatic rings. The summed E-state index contributed by atoms with van der Waals surface area (Å²) >= 11 is 4.92. The maximum Gasteiger partial charge on any atom is 0.130 e. The van der Waals surface area contributed by atoms with Crippen LogP contribution in [0.2, 0.25) is 0 Å². The normalized spacial score (nSPS) is 15.0. The van der Waals surface area contributed by atoms with Crippen molar-refractivity contribution in [1.82, 2.24) is 9.97 Å². The van der Waals surface area contributed by atoms with Gasteiger partial charge in [-0.25, -0.2) is 9.97 Å². The van der Waals surface area contributed by atoms with E-state index in [9.17, 15) is 5.11 Å². The molecule has 3 nitrogen and oxygen atoms in total. The van der Waals surface area contributed by atoms with Crippen LogP contribution in [0.25, 0.3) is 0 Å². The van der Waals surface area contributed by atoms with E-state index >= 15 is 0 Å². The van der Waals surface area contributed by atoms with Gasteiger partial charge in [-0.15, -0.1) is 11.8 Å². The van der Waals surface area contributed by atoms with Crippen molar-refractivity contribution < 1.29 is 5.11 Å². The molecule has 0 bridgehead atoms. The molecule has 1 heterocycles. The Morgan fingerprint density at radius 1 is 1.47 bits per heavy atom. The Bertz CT molecular complexity index is 333. The molecule has 0 fully saturated rings. The van der Waals surface area contributed by atoms with E-state index in [2.05, 4.69) is 25.9 Å². The zero-order valence-electron chi connectivity index (χ0n) is 9.07. The first kappa shape index (κ1) is 12.9. The molecule has 0 aliphatic carbocycles. The van der Waals surface area contributed by atoms with Crippen LogP contribution in [-0.2, 0) is 6.42 Å². The summed E-state index contributed by atoms with van der Waals surface area (Å²) in [5.74, 6) is 0.824. The molecule has 0 radical (unpaired) electrons. The summed E-state index contributed by atoms with van der Waals surface area (Å²) in [7, 11) is 0. The van der Waals surface area contributed by atoms with E-state index < -0.39 is 0 Å². The van der Waals surface area contributed by atoms with Crippen molar-refractivity contribution in [2.75, 3.05) is 0 Å². The Morgan fingerprint density at radius 3 is 2.67 bits per heavy atom. The molecule has 0 saturated carbocycles. The fraction of sp³-hybridized carbons (Fsp3) is 0.600.